The van der Waals surface area contributed by atoms with Crippen molar-refractivity contribution in [3.63, 3.8) is 0 Å². The molecule has 0 amide bonds. The van der Waals surface area contributed by atoms with Crippen LogP contribution >= 0.6 is 0 Å². The molecule has 5 heteroatoms. The van der Waals surface area contributed by atoms with Crippen LogP contribution in [-0.2, 0) is 22.4 Å². The molecule has 5 aromatic rings. The molecule has 0 aliphatic carbocycles. The van der Waals surface area contributed by atoms with Gasteiger partial charge in [-0.25, -0.2) is 4.98 Å². The van der Waals surface area contributed by atoms with Crippen LogP contribution in [0.5, 0.6) is 5.75 Å². The zero-order valence-corrected chi connectivity index (χ0v) is 17.4. The van der Waals surface area contributed by atoms with Gasteiger partial charge in [0.05, 0.1) is 11.4 Å². The Kier molecular flexibility index (Phi) is 5.32. The maximum absolute atomic E-state index is 10.3. The summed E-state index contributed by atoms with van der Waals surface area (Å²) < 4.78 is 0. The quantitative estimate of drug-likeness (QED) is 0.306. The van der Waals surface area contributed by atoms with Crippen LogP contribution in [0, 0.1) is 0 Å². The Labute approximate surface area is 183 Å². The summed E-state index contributed by atoms with van der Waals surface area (Å²) in [5.74, 6) is 0.215. The Balaban J connectivity index is 0.00000205. The number of phenolic OH excluding ortho intramolecular Hbond substituents is 1. The van der Waals surface area contributed by atoms with E-state index < -0.39 is 0 Å². The van der Waals surface area contributed by atoms with Crippen LogP contribution < -0.4 is 4.98 Å². The van der Waals surface area contributed by atoms with Crippen molar-refractivity contribution < 1.29 is 27.5 Å². The first-order valence-corrected chi connectivity index (χ1v) is 9.04. The van der Waals surface area contributed by atoms with Crippen molar-refractivity contribution in [3.05, 3.63) is 91.1 Å². The zero-order valence-electron chi connectivity index (χ0n) is 15.3. The first-order valence-electron chi connectivity index (χ1n) is 9.04. The Hall–Kier alpha value is -3.18. The van der Waals surface area contributed by atoms with Crippen LogP contribution in [0.4, 0.5) is 0 Å². The molecular weight excluding hydrogens is 543 g/mol. The molecule has 0 saturated heterocycles. The van der Waals surface area contributed by atoms with Gasteiger partial charge in [-0.15, -0.1) is 11.4 Å². The summed E-state index contributed by atoms with van der Waals surface area (Å²) in [6.45, 7) is 0. The van der Waals surface area contributed by atoms with Crippen molar-refractivity contribution in [2.45, 2.75) is 0 Å². The summed E-state index contributed by atoms with van der Waals surface area (Å²) in [7, 11) is 0. The number of para-hydroxylation sites is 1. The standard InChI is InChI=1S/C24H16N3O.Au/c28-22-14-4-3-10-18(22)23-16-8-1-2-9-17(16)24(27-23)21-13-7-12-20(26-21)19-11-5-6-15-25-19;/h1-15H,(H-,25,26,27,28);/q-1;+1. The van der Waals surface area contributed by atoms with Crippen molar-refractivity contribution in [1.82, 2.24) is 15.0 Å². The number of pyridine rings is 2. The van der Waals surface area contributed by atoms with Gasteiger partial charge in [-0.1, -0.05) is 54.6 Å². The number of hydrogen-bond donors (Lipinski definition) is 1. The second-order valence-corrected chi connectivity index (χ2v) is 6.49. The van der Waals surface area contributed by atoms with Crippen molar-refractivity contribution in [2.75, 3.05) is 0 Å². The van der Waals surface area contributed by atoms with Gasteiger partial charge in [-0.2, -0.15) is 0 Å². The molecule has 0 fully saturated rings. The van der Waals surface area contributed by atoms with E-state index in [9.17, 15) is 5.11 Å². The molecule has 0 unspecified atom stereocenters. The van der Waals surface area contributed by atoms with Gasteiger partial charge < -0.3 is 10.1 Å². The van der Waals surface area contributed by atoms with Crippen LogP contribution in [0.1, 0.15) is 0 Å². The molecule has 4 nitrogen and oxygen atoms in total. The molecule has 144 valence electrons. The third-order valence-corrected chi connectivity index (χ3v) is 4.74. The molecule has 29 heavy (non-hydrogen) atoms. The van der Waals surface area contributed by atoms with Crippen LogP contribution in [0.25, 0.3) is 44.8 Å². The van der Waals surface area contributed by atoms with Gasteiger partial charge in [0.25, 0.3) is 0 Å². The van der Waals surface area contributed by atoms with E-state index >= 15 is 0 Å². The summed E-state index contributed by atoms with van der Waals surface area (Å²) in [4.78, 5) is 14.1. The molecule has 0 radical (unpaired) electrons. The fraction of sp³-hybridized carbons (Fsp3) is 0. The van der Waals surface area contributed by atoms with Gasteiger partial charge >= 0.3 is 22.4 Å². The van der Waals surface area contributed by atoms with Crippen LogP contribution in [-0.4, -0.2) is 15.1 Å². The van der Waals surface area contributed by atoms with Crippen molar-refractivity contribution in [2.24, 2.45) is 0 Å². The fourth-order valence-corrected chi connectivity index (χ4v) is 3.43. The number of fused-ring (bicyclic) bond motifs is 1. The van der Waals surface area contributed by atoms with Gasteiger partial charge in [-0.05, 0) is 41.1 Å². The Morgan fingerprint density at radius 1 is 0.621 bits per heavy atom. The minimum Gasteiger partial charge on any atom is -0.655 e. The van der Waals surface area contributed by atoms with Gasteiger partial charge in [-0.3, -0.25) is 4.98 Å². The molecule has 0 saturated carbocycles. The van der Waals surface area contributed by atoms with Gasteiger partial charge in [0.15, 0.2) is 0 Å². The smallest absolute Gasteiger partial charge is 0.655 e. The van der Waals surface area contributed by atoms with Crippen LogP contribution in [0.2, 0.25) is 0 Å². The molecule has 0 bridgehead atoms. The number of rotatable bonds is 3. The number of aromatic nitrogens is 3. The number of aromatic hydroxyl groups is 1. The third-order valence-electron chi connectivity index (χ3n) is 4.74. The molecular formula is C24H16AuN3O. The molecule has 0 aliphatic heterocycles. The average molecular weight is 559 g/mol. The molecule has 3 heterocycles. The SMILES string of the molecule is Oc1ccccc1-c1[n-]c(-c2cccc(-c3ccccn3)n2)c2ccccc12.[Au+]. The summed E-state index contributed by atoms with van der Waals surface area (Å²) in [5, 5.41) is 12.3. The van der Waals surface area contributed by atoms with E-state index in [-0.39, 0.29) is 28.1 Å². The van der Waals surface area contributed by atoms with E-state index in [0.29, 0.717) is 5.56 Å². The van der Waals surface area contributed by atoms with Crippen LogP contribution in [0.15, 0.2) is 91.1 Å². The first-order chi connectivity index (χ1) is 13.8. The van der Waals surface area contributed by atoms with Gasteiger partial charge in [0.2, 0.25) is 0 Å². The Morgan fingerprint density at radius 3 is 2.03 bits per heavy atom. The zero-order chi connectivity index (χ0) is 18.9. The number of phenols is 1. The average Bonchev–Trinajstić information content (AvgIpc) is 3.14. The van der Waals surface area contributed by atoms with E-state index in [2.05, 4.69) is 4.98 Å². The van der Waals surface area contributed by atoms with Gasteiger partial charge in [0, 0.05) is 17.5 Å². The molecule has 1 N–H and O–H groups in total. The third kappa shape index (κ3) is 3.49. The molecule has 0 spiro atoms. The van der Waals surface area contributed by atoms with Crippen molar-refractivity contribution in [3.8, 4) is 39.8 Å². The van der Waals surface area contributed by atoms with E-state index in [1.165, 1.54) is 0 Å². The monoisotopic (exact) mass is 559 g/mol. The fourth-order valence-electron chi connectivity index (χ4n) is 3.43. The molecule has 0 aliphatic rings. The maximum atomic E-state index is 10.3. The predicted molar refractivity (Wildman–Crippen MR) is 111 cm³/mol. The van der Waals surface area contributed by atoms with Crippen molar-refractivity contribution >= 4 is 10.8 Å². The van der Waals surface area contributed by atoms with E-state index in [4.69, 9.17) is 9.97 Å². The molecule has 5 rings (SSSR count). The first kappa shape index (κ1) is 19.2. The summed E-state index contributed by atoms with van der Waals surface area (Å²) >= 11 is 0. The topological polar surface area (TPSA) is 60.1 Å². The minimum absolute atomic E-state index is 0. The maximum Gasteiger partial charge on any atom is 1.00 e. The largest absolute Gasteiger partial charge is 1.00 e. The van der Waals surface area contributed by atoms with Crippen molar-refractivity contribution in [1.29, 1.82) is 0 Å². The molecule has 0 atom stereocenters. The summed E-state index contributed by atoms with van der Waals surface area (Å²) in [6.07, 6.45) is 1.76. The van der Waals surface area contributed by atoms with E-state index in [1.54, 1.807) is 12.3 Å². The number of nitrogens with zero attached hydrogens (tertiary/aromatic N) is 3. The normalized spacial score (nSPS) is 10.6. The second kappa shape index (κ2) is 8.05. The summed E-state index contributed by atoms with van der Waals surface area (Å²) in [6, 6.07) is 26.9. The minimum atomic E-state index is 0. The molecule has 2 aromatic carbocycles. The van der Waals surface area contributed by atoms with Gasteiger partial charge in [0.1, 0.15) is 5.75 Å². The Morgan fingerprint density at radius 2 is 1.28 bits per heavy atom. The van der Waals surface area contributed by atoms with E-state index in [0.717, 1.165) is 39.2 Å². The van der Waals surface area contributed by atoms with Crippen LogP contribution in [0.3, 0.4) is 0 Å². The predicted octanol–water partition coefficient (Wildman–Crippen LogP) is 5.29. The second-order valence-electron chi connectivity index (χ2n) is 6.49. The number of benzene rings is 2. The molecule has 3 aromatic heterocycles. The number of hydrogen-bond acceptors (Lipinski definition) is 3. The summed E-state index contributed by atoms with van der Waals surface area (Å²) in [5.41, 5.74) is 4.67. The van der Waals surface area contributed by atoms with E-state index in [1.807, 2.05) is 78.9 Å². The Bertz CT molecular complexity index is 1280.